The van der Waals surface area contributed by atoms with Gasteiger partial charge in [0.1, 0.15) is 0 Å². The molecule has 1 radical (unpaired) electrons. The molecule has 0 saturated heterocycles. The molecule has 0 aliphatic carbocycles. The van der Waals surface area contributed by atoms with Gasteiger partial charge in [0.2, 0.25) is 0 Å². The van der Waals surface area contributed by atoms with Crippen molar-refractivity contribution in [2.24, 2.45) is 0 Å². The van der Waals surface area contributed by atoms with Crippen molar-refractivity contribution in [3.05, 3.63) is 0 Å². The summed E-state index contributed by atoms with van der Waals surface area (Å²) in [7, 11) is -5.36. The van der Waals surface area contributed by atoms with Gasteiger partial charge in [-0.05, 0) is 0 Å². The van der Waals surface area contributed by atoms with E-state index in [1.54, 1.807) is 0 Å². The first kappa shape index (κ1) is 10.5. The molecule has 43 valence electrons. The van der Waals surface area contributed by atoms with Crippen LogP contribution in [0.1, 0.15) is 0 Å². The van der Waals surface area contributed by atoms with Crippen molar-refractivity contribution in [3.8, 4) is 0 Å². The van der Waals surface area contributed by atoms with E-state index in [0.717, 1.165) is 0 Å². The van der Waals surface area contributed by atoms with Crippen LogP contribution in [0, 0.1) is 46.9 Å². The molecule has 0 amide bonds. The van der Waals surface area contributed by atoms with Gasteiger partial charge in [0.25, 0.3) is 0 Å². The van der Waals surface area contributed by atoms with Crippen molar-refractivity contribution in [1.29, 1.82) is 0 Å². The molecule has 6 heavy (non-hydrogen) atoms. The summed E-state index contributed by atoms with van der Waals surface area (Å²) in [5, 5.41) is 0. The van der Waals surface area contributed by atoms with E-state index in [1.165, 1.54) is 0 Å². The minimum absolute atomic E-state index is 0. The monoisotopic (exact) mass is 267 g/mol. The van der Waals surface area contributed by atoms with E-state index in [4.69, 9.17) is 19.2 Å². The topological polar surface area (TPSA) is 89.4 Å². The summed E-state index contributed by atoms with van der Waals surface area (Å²) in [5.74, 6) is 0. The molecule has 0 spiro atoms. The average molecular weight is 266 g/mol. The number of hydrogen-bond acceptors (Lipinski definition) is 4. The van der Waals surface area contributed by atoms with Crippen molar-refractivity contribution in [2.45, 2.75) is 0 Å². The molecule has 6 heteroatoms. The predicted molar refractivity (Wildman–Crippen MR) is 7.97 cm³/mol. The SMILES string of the molecule is [O-][Si]([O-])([O-])O.[Yb+3]. The zero-order valence-corrected chi connectivity index (χ0v) is 5.15. The molecule has 0 rings (SSSR count). The molecule has 0 unspecified atom stereocenters. The summed E-state index contributed by atoms with van der Waals surface area (Å²) in [6, 6.07) is 0. The first-order valence-corrected chi connectivity index (χ1v) is 2.51. The van der Waals surface area contributed by atoms with Gasteiger partial charge in [-0.15, -0.1) is 9.05 Å². The molecule has 0 aromatic rings. The Morgan fingerprint density at radius 2 is 1.17 bits per heavy atom. The maximum atomic E-state index is 8.69. The smallest absolute Gasteiger partial charge is 0.861 e. The third-order valence-corrected chi connectivity index (χ3v) is 0. The molecule has 0 aromatic heterocycles. The van der Waals surface area contributed by atoms with E-state index in [2.05, 4.69) is 0 Å². The largest absolute Gasteiger partial charge is 3.00 e. The van der Waals surface area contributed by atoms with Gasteiger partial charge in [-0.2, -0.15) is 0 Å². The predicted octanol–water partition coefficient (Wildman–Crippen LogP) is -4.50. The normalized spacial score (nSPS) is 10.0. The maximum absolute atomic E-state index is 8.69. The van der Waals surface area contributed by atoms with Crippen molar-refractivity contribution in [1.82, 2.24) is 0 Å². The van der Waals surface area contributed by atoms with E-state index in [0.29, 0.717) is 0 Å². The van der Waals surface area contributed by atoms with E-state index >= 15 is 0 Å². The zero-order chi connectivity index (χ0) is 4.50. The standard InChI is InChI=1S/HO4Si.Yb/c1-5(2,3)4;/h1H;/q-3;+3. The third-order valence-electron chi connectivity index (χ3n) is 0. The average Bonchev–Trinajstić information content (AvgIpc) is 0.722. The zero-order valence-electron chi connectivity index (χ0n) is 2.44. The van der Waals surface area contributed by atoms with Crippen molar-refractivity contribution in [2.75, 3.05) is 0 Å². The van der Waals surface area contributed by atoms with E-state index in [-0.39, 0.29) is 46.9 Å². The van der Waals surface area contributed by atoms with Gasteiger partial charge in [0, 0.05) is 0 Å². The quantitative estimate of drug-likeness (QED) is 0.447. The van der Waals surface area contributed by atoms with Crippen LogP contribution >= 0.6 is 0 Å². The molecule has 0 bridgehead atoms. The molecule has 0 saturated carbocycles. The molecule has 1 N–H and O–H groups in total. The molecule has 0 aliphatic rings. The van der Waals surface area contributed by atoms with E-state index in [9.17, 15) is 0 Å². The molecule has 0 aliphatic heterocycles. The first-order valence-electron chi connectivity index (χ1n) is 0.836. The van der Waals surface area contributed by atoms with Gasteiger partial charge in [-0.1, -0.05) is 0 Å². The minimum Gasteiger partial charge on any atom is -0.861 e. The van der Waals surface area contributed by atoms with Crippen LogP contribution in [-0.2, 0) is 0 Å². The molecule has 0 heterocycles. The Morgan fingerprint density at radius 1 is 1.17 bits per heavy atom. The van der Waals surface area contributed by atoms with Crippen LogP contribution in [0.15, 0.2) is 0 Å². The Hall–Kier alpha value is 1.58. The van der Waals surface area contributed by atoms with Gasteiger partial charge in [-0.3, -0.25) is 0 Å². The second-order valence-corrected chi connectivity index (χ2v) is 1.57. The molecule has 0 atom stereocenters. The molecule has 0 fully saturated rings. The van der Waals surface area contributed by atoms with Crippen LogP contribution in [-0.4, -0.2) is 13.8 Å². The van der Waals surface area contributed by atoms with E-state index in [1.807, 2.05) is 0 Å². The second kappa shape index (κ2) is 3.56. The van der Waals surface area contributed by atoms with Gasteiger partial charge in [0.15, 0.2) is 0 Å². The summed E-state index contributed by atoms with van der Waals surface area (Å²) in [6.07, 6.45) is 0. The van der Waals surface area contributed by atoms with Gasteiger partial charge >= 0.3 is 46.9 Å². The van der Waals surface area contributed by atoms with Gasteiger partial charge < -0.3 is 19.2 Å². The van der Waals surface area contributed by atoms with Crippen LogP contribution in [0.3, 0.4) is 0 Å². The fourth-order valence-electron chi connectivity index (χ4n) is 0. The first-order chi connectivity index (χ1) is 2.00. The van der Waals surface area contributed by atoms with Crippen molar-refractivity contribution >= 4 is 9.05 Å². The third kappa shape index (κ3) is 47.0. The minimum atomic E-state index is -5.36. The fourth-order valence-corrected chi connectivity index (χ4v) is 0. The summed E-state index contributed by atoms with van der Waals surface area (Å²) in [4.78, 5) is 33.1. The Balaban J connectivity index is 0. The van der Waals surface area contributed by atoms with Crippen LogP contribution in [0.4, 0.5) is 0 Å². The number of hydrogen-bond donors (Lipinski definition) is 1. The van der Waals surface area contributed by atoms with Crippen LogP contribution < -0.4 is 14.4 Å². The van der Waals surface area contributed by atoms with Crippen molar-refractivity contribution in [3.63, 3.8) is 0 Å². The maximum Gasteiger partial charge on any atom is 3.00 e. The Labute approximate surface area is 74.2 Å². The second-order valence-electron chi connectivity index (χ2n) is 0.524. The van der Waals surface area contributed by atoms with Crippen LogP contribution in [0.25, 0.3) is 0 Å². The Kier molecular flexibility index (Phi) is 6.26. The van der Waals surface area contributed by atoms with E-state index < -0.39 is 9.05 Å². The van der Waals surface area contributed by atoms with Crippen molar-refractivity contribution < 1.29 is 66.1 Å². The summed E-state index contributed by atoms with van der Waals surface area (Å²) in [5.41, 5.74) is 0. The van der Waals surface area contributed by atoms with Gasteiger partial charge in [0.05, 0.1) is 0 Å². The Morgan fingerprint density at radius 3 is 1.17 bits per heavy atom. The molecular weight excluding hydrogens is 265 g/mol. The molecule has 4 nitrogen and oxygen atoms in total. The number of rotatable bonds is 0. The van der Waals surface area contributed by atoms with Crippen LogP contribution in [0.2, 0.25) is 0 Å². The molecule has 0 aromatic carbocycles. The fraction of sp³-hybridized carbons (Fsp3) is 0. The Bertz CT molecular complexity index is 23.0. The van der Waals surface area contributed by atoms with Crippen LogP contribution in [0.5, 0.6) is 0 Å². The summed E-state index contributed by atoms with van der Waals surface area (Å²) < 4.78 is 0. The van der Waals surface area contributed by atoms with Gasteiger partial charge in [-0.25, -0.2) is 0 Å². The summed E-state index contributed by atoms with van der Waals surface area (Å²) >= 11 is 0. The molecular formula is HO4SiYb. The summed E-state index contributed by atoms with van der Waals surface area (Å²) in [6.45, 7) is 0.